The molecule has 2 aromatic rings. The van der Waals surface area contributed by atoms with Crippen LogP contribution in [0, 0.1) is 5.41 Å². The summed E-state index contributed by atoms with van der Waals surface area (Å²) in [7, 11) is 0. The first-order chi connectivity index (χ1) is 13.9. The second-order valence-electron chi connectivity index (χ2n) is 9.16. The number of anilines is 1. The Morgan fingerprint density at radius 3 is 2.66 bits per heavy atom. The lowest BCUT2D eigenvalue weighted by Gasteiger charge is -2.40. The molecule has 1 aromatic carbocycles. The Morgan fingerprint density at radius 1 is 1.14 bits per heavy atom. The summed E-state index contributed by atoms with van der Waals surface area (Å²) in [4.78, 5) is 21.5. The topological polar surface area (TPSA) is 62.5 Å². The SMILES string of the molecule is CC(C)c1ccc(CN2CCC[C@@]3(CCN(C(=O)c4ccnc(N)c4)C3)C2)cc1. The quantitative estimate of drug-likeness (QED) is 0.857. The van der Waals surface area contributed by atoms with Gasteiger partial charge in [0.1, 0.15) is 5.82 Å². The Kier molecular flexibility index (Phi) is 5.59. The van der Waals surface area contributed by atoms with Gasteiger partial charge >= 0.3 is 0 Å². The molecular weight excluding hydrogens is 360 g/mol. The van der Waals surface area contributed by atoms with Gasteiger partial charge in [0, 0.05) is 43.4 Å². The summed E-state index contributed by atoms with van der Waals surface area (Å²) < 4.78 is 0. The van der Waals surface area contributed by atoms with Crippen molar-refractivity contribution in [2.24, 2.45) is 5.41 Å². The second-order valence-corrected chi connectivity index (χ2v) is 9.16. The van der Waals surface area contributed by atoms with Crippen LogP contribution >= 0.6 is 0 Å². The van der Waals surface area contributed by atoms with Gasteiger partial charge in [-0.1, -0.05) is 38.1 Å². The predicted octanol–water partition coefficient (Wildman–Crippen LogP) is 3.92. The van der Waals surface area contributed by atoms with Gasteiger partial charge in [0.15, 0.2) is 0 Å². The Morgan fingerprint density at radius 2 is 1.93 bits per heavy atom. The summed E-state index contributed by atoms with van der Waals surface area (Å²) >= 11 is 0. The molecule has 5 nitrogen and oxygen atoms in total. The molecule has 5 heteroatoms. The van der Waals surface area contributed by atoms with Gasteiger partial charge in [0.2, 0.25) is 0 Å². The van der Waals surface area contributed by atoms with Crippen LogP contribution in [0.2, 0.25) is 0 Å². The number of aromatic nitrogens is 1. The fourth-order valence-corrected chi connectivity index (χ4v) is 4.92. The first-order valence-corrected chi connectivity index (χ1v) is 10.8. The average molecular weight is 393 g/mol. The van der Waals surface area contributed by atoms with Gasteiger partial charge in [-0.15, -0.1) is 0 Å². The highest BCUT2D eigenvalue weighted by Crippen LogP contribution is 2.39. The zero-order valence-corrected chi connectivity index (χ0v) is 17.6. The number of hydrogen-bond donors (Lipinski definition) is 1. The minimum absolute atomic E-state index is 0.0809. The molecule has 3 heterocycles. The summed E-state index contributed by atoms with van der Waals surface area (Å²) in [5, 5.41) is 0. The minimum atomic E-state index is 0.0809. The van der Waals surface area contributed by atoms with E-state index in [0.717, 1.165) is 39.1 Å². The highest BCUT2D eigenvalue weighted by Gasteiger charge is 2.42. The standard InChI is InChI=1S/C24H32N4O/c1-18(2)20-6-4-19(5-7-20)15-27-12-3-9-24(16-27)10-13-28(17-24)23(29)21-8-11-26-22(25)14-21/h4-8,11,14,18H,3,9-10,12-13,15-17H2,1-2H3,(H2,25,26)/t24-/m1/s1. The summed E-state index contributed by atoms with van der Waals surface area (Å²) in [5.41, 5.74) is 9.41. The van der Waals surface area contributed by atoms with Crippen molar-refractivity contribution in [3.63, 3.8) is 0 Å². The van der Waals surface area contributed by atoms with Crippen molar-refractivity contribution < 1.29 is 4.79 Å². The number of rotatable bonds is 4. The first-order valence-electron chi connectivity index (χ1n) is 10.8. The lowest BCUT2D eigenvalue weighted by molar-refractivity contribution is 0.0675. The number of carbonyl (C=O) groups excluding carboxylic acids is 1. The van der Waals surface area contributed by atoms with Gasteiger partial charge in [-0.2, -0.15) is 0 Å². The normalized spacial score (nSPS) is 22.5. The number of amides is 1. The number of nitrogen functional groups attached to an aromatic ring is 1. The molecule has 2 N–H and O–H groups in total. The third-order valence-electron chi connectivity index (χ3n) is 6.55. The highest BCUT2D eigenvalue weighted by molar-refractivity contribution is 5.95. The molecule has 0 aliphatic carbocycles. The molecule has 2 aliphatic rings. The fraction of sp³-hybridized carbons (Fsp3) is 0.500. The molecule has 0 saturated carbocycles. The summed E-state index contributed by atoms with van der Waals surface area (Å²) in [6.07, 6.45) is 5.11. The van der Waals surface area contributed by atoms with E-state index >= 15 is 0 Å². The van der Waals surface area contributed by atoms with Crippen LogP contribution in [0.25, 0.3) is 0 Å². The van der Waals surface area contributed by atoms with Crippen LogP contribution in [-0.4, -0.2) is 46.9 Å². The van der Waals surface area contributed by atoms with Crippen LogP contribution in [0.1, 0.15) is 60.5 Å². The minimum Gasteiger partial charge on any atom is -0.384 e. The Hall–Kier alpha value is -2.40. The molecule has 0 bridgehead atoms. The lowest BCUT2D eigenvalue weighted by Crippen LogP contribution is -2.45. The summed E-state index contributed by atoms with van der Waals surface area (Å²) in [6, 6.07) is 12.5. The third kappa shape index (κ3) is 4.45. The van der Waals surface area contributed by atoms with E-state index in [1.54, 1.807) is 18.3 Å². The number of piperidine rings is 1. The van der Waals surface area contributed by atoms with Crippen molar-refractivity contribution in [3.8, 4) is 0 Å². The Labute approximate surface area is 173 Å². The van der Waals surface area contributed by atoms with Gasteiger partial charge in [-0.3, -0.25) is 9.69 Å². The van der Waals surface area contributed by atoms with Gasteiger partial charge in [-0.25, -0.2) is 4.98 Å². The van der Waals surface area contributed by atoms with Crippen molar-refractivity contribution in [1.82, 2.24) is 14.8 Å². The molecular formula is C24H32N4O. The van der Waals surface area contributed by atoms with E-state index in [9.17, 15) is 4.79 Å². The molecule has 0 unspecified atom stereocenters. The van der Waals surface area contributed by atoms with Crippen molar-refractivity contribution in [2.75, 3.05) is 31.9 Å². The largest absolute Gasteiger partial charge is 0.384 e. The van der Waals surface area contributed by atoms with E-state index < -0.39 is 0 Å². The predicted molar refractivity (Wildman–Crippen MR) is 117 cm³/mol. The van der Waals surface area contributed by atoms with Crippen LogP contribution < -0.4 is 5.73 Å². The van der Waals surface area contributed by atoms with E-state index in [-0.39, 0.29) is 11.3 Å². The zero-order valence-electron chi connectivity index (χ0n) is 17.6. The number of pyridine rings is 1. The number of likely N-dealkylation sites (tertiary alicyclic amines) is 2. The van der Waals surface area contributed by atoms with Crippen LogP contribution in [0.5, 0.6) is 0 Å². The molecule has 4 rings (SSSR count). The Balaban J connectivity index is 1.39. The van der Waals surface area contributed by atoms with Crippen LogP contribution in [0.15, 0.2) is 42.6 Å². The van der Waals surface area contributed by atoms with Crippen molar-refractivity contribution in [1.29, 1.82) is 0 Å². The molecule has 1 spiro atoms. The van der Waals surface area contributed by atoms with E-state index in [2.05, 4.69) is 48.0 Å². The maximum atomic E-state index is 12.9. The fourth-order valence-electron chi connectivity index (χ4n) is 4.92. The maximum absolute atomic E-state index is 12.9. The second kappa shape index (κ2) is 8.15. The third-order valence-corrected chi connectivity index (χ3v) is 6.55. The molecule has 2 aliphatic heterocycles. The summed E-state index contributed by atoms with van der Waals surface area (Å²) in [5.74, 6) is 1.05. The number of hydrogen-bond acceptors (Lipinski definition) is 4. The lowest BCUT2D eigenvalue weighted by atomic mass is 9.79. The van der Waals surface area contributed by atoms with Crippen LogP contribution in [0.4, 0.5) is 5.82 Å². The van der Waals surface area contributed by atoms with Crippen molar-refractivity contribution >= 4 is 11.7 Å². The average Bonchev–Trinajstić information content (AvgIpc) is 3.11. The smallest absolute Gasteiger partial charge is 0.254 e. The highest BCUT2D eigenvalue weighted by atomic mass is 16.2. The number of nitrogens with zero attached hydrogens (tertiary/aromatic N) is 3. The monoisotopic (exact) mass is 392 g/mol. The van der Waals surface area contributed by atoms with Gasteiger partial charge in [-0.05, 0) is 55.0 Å². The van der Waals surface area contributed by atoms with Crippen molar-refractivity contribution in [3.05, 3.63) is 59.3 Å². The molecule has 1 amide bonds. The van der Waals surface area contributed by atoms with E-state index in [1.165, 1.54) is 24.0 Å². The zero-order chi connectivity index (χ0) is 20.4. The molecule has 154 valence electrons. The molecule has 2 saturated heterocycles. The Bertz CT molecular complexity index is 863. The maximum Gasteiger partial charge on any atom is 0.254 e. The molecule has 1 aromatic heterocycles. The van der Waals surface area contributed by atoms with E-state index in [1.807, 2.05) is 4.90 Å². The summed E-state index contributed by atoms with van der Waals surface area (Å²) in [6.45, 7) is 9.35. The van der Waals surface area contributed by atoms with Gasteiger partial charge < -0.3 is 10.6 Å². The van der Waals surface area contributed by atoms with Crippen LogP contribution in [-0.2, 0) is 6.54 Å². The van der Waals surface area contributed by atoms with E-state index in [4.69, 9.17) is 5.73 Å². The molecule has 2 fully saturated rings. The number of benzene rings is 1. The molecule has 29 heavy (non-hydrogen) atoms. The van der Waals surface area contributed by atoms with Gasteiger partial charge in [0.05, 0.1) is 0 Å². The van der Waals surface area contributed by atoms with Crippen molar-refractivity contribution in [2.45, 2.75) is 45.6 Å². The molecule has 1 atom stereocenters. The van der Waals surface area contributed by atoms with Crippen LogP contribution in [0.3, 0.4) is 0 Å². The first kappa shape index (κ1) is 19.9. The van der Waals surface area contributed by atoms with E-state index in [0.29, 0.717) is 17.3 Å². The number of nitrogens with two attached hydrogens (primary N) is 1. The van der Waals surface area contributed by atoms with Gasteiger partial charge in [0.25, 0.3) is 5.91 Å². The molecule has 0 radical (unpaired) electrons. The number of carbonyl (C=O) groups is 1.